The fourth-order valence-electron chi connectivity index (χ4n) is 4.86. The Balaban J connectivity index is 1.65. The van der Waals surface area contributed by atoms with Gasteiger partial charge in [-0.3, -0.25) is 4.98 Å². The lowest BCUT2D eigenvalue weighted by Gasteiger charge is -2.24. The molecule has 1 aliphatic heterocycles. The van der Waals surface area contributed by atoms with E-state index in [-0.39, 0.29) is 40.2 Å². The second kappa shape index (κ2) is 13.0. The van der Waals surface area contributed by atoms with E-state index >= 15 is 0 Å². The van der Waals surface area contributed by atoms with Crippen molar-refractivity contribution in [1.29, 1.82) is 0 Å². The minimum atomic E-state index is -4.07. The first kappa shape index (κ1) is 30.9. The highest BCUT2D eigenvalue weighted by molar-refractivity contribution is 7.89. The van der Waals surface area contributed by atoms with Crippen LogP contribution in [-0.2, 0) is 14.8 Å². The van der Waals surface area contributed by atoms with E-state index in [0.717, 1.165) is 0 Å². The lowest BCUT2D eigenvalue weighted by atomic mass is 10.0. The SMILES string of the molecule is COc1ncc(-c2ccc3c(Nc4cc(OC(C)C)cc(C(=O)O)c4)c(S(=O)(=O)NC4CCOCC4)cnc3c2)c(OC)n1. The molecule has 0 unspecified atom stereocenters. The van der Waals surface area contributed by atoms with Gasteiger partial charge in [-0.15, -0.1) is 0 Å². The zero-order valence-corrected chi connectivity index (χ0v) is 25.5. The van der Waals surface area contributed by atoms with Gasteiger partial charge in [-0.05, 0) is 50.5 Å². The van der Waals surface area contributed by atoms with Crippen LogP contribution in [0.15, 0.2) is 53.7 Å². The van der Waals surface area contributed by atoms with Crippen LogP contribution in [0.2, 0.25) is 0 Å². The van der Waals surface area contributed by atoms with E-state index in [2.05, 4.69) is 25.0 Å². The number of nitrogens with one attached hydrogen (secondary N) is 2. The van der Waals surface area contributed by atoms with Crippen molar-refractivity contribution in [1.82, 2.24) is 19.7 Å². The molecule has 13 nitrogen and oxygen atoms in total. The molecular formula is C30H33N5O8S. The molecule has 0 aliphatic carbocycles. The van der Waals surface area contributed by atoms with E-state index in [1.165, 1.54) is 32.5 Å². The molecule has 3 N–H and O–H groups in total. The summed E-state index contributed by atoms with van der Waals surface area (Å²) in [5.74, 6) is -0.548. The molecular weight excluding hydrogens is 590 g/mol. The van der Waals surface area contributed by atoms with Gasteiger partial charge in [-0.2, -0.15) is 4.98 Å². The number of carboxylic acid groups (broad SMARTS) is 1. The second-order valence-electron chi connectivity index (χ2n) is 10.4. The Hall–Kier alpha value is -4.53. The number of rotatable bonds is 11. The monoisotopic (exact) mass is 623 g/mol. The maximum absolute atomic E-state index is 13.8. The average Bonchev–Trinajstić information content (AvgIpc) is 3.00. The van der Waals surface area contributed by atoms with Crippen LogP contribution in [-0.4, -0.2) is 74.0 Å². The molecule has 4 aromatic rings. The Bertz CT molecular complexity index is 1790. The summed E-state index contributed by atoms with van der Waals surface area (Å²) in [5.41, 5.74) is 2.23. The first-order valence-corrected chi connectivity index (χ1v) is 15.4. The van der Waals surface area contributed by atoms with Crippen molar-refractivity contribution in [3.63, 3.8) is 0 Å². The van der Waals surface area contributed by atoms with Crippen LogP contribution in [0.4, 0.5) is 11.4 Å². The number of benzene rings is 2. The van der Waals surface area contributed by atoms with Crippen LogP contribution in [0.25, 0.3) is 22.0 Å². The Morgan fingerprint density at radius 3 is 2.50 bits per heavy atom. The maximum Gasteiger partial charge on any atom is 0.335 e. The third kappa shape index (κ3) is 6.82. The second-order valence-corrected chi connectivity index (χ2v) is 12.0. The molecule has 0 atom stereocenters. The van der Waals surface area contributed by atoms with Crippen LogP contribution >= 0.6 is 0 Å². The lowest BCUT2D eigenvalue weighted by molar-refractivity contribution is 0.0696. The van der Waals surface area contributed by atoms with E-state index in [4.69, 9.17) is 18.9 Å². The summed E-state index contributed by atoms with van der Waals surface area (Å²) in [5, 5.41) is 13.4. The predicted octanol–water partition coefficient (Wildman–Crippen LogP) is 4.40. The number of ether oxygens (including phenoxy) is 4. The summed E-state index contributed by atoms with van der Waals surface area (Å²) in [6.45, 7) is 4.56. The molecule has 5 rings (SSSR count). The smallest absolute Gasteiger partial charge is 0.335 e. The molecule has 2 aromatic heterocycles. The first-order chi connectivity index (χ1) is 21.1. The molecule has 1 fully saturated rings. The van der Waals surface area contributed by atoms with E-state index in [9.17, 15) is 18.3 Å². The fraction of sp³-hybridized carbons (Fsp3) is 0.333. The van der Waals surface area contributed by atoms with Crippen molar-refractivity contribution in [3.05, 3.63) is 54.4 Å². The molecule has 44 heavy (non-hydrogen) atoms. The summed E-state index contributed by atoms with van der Waals surface area (Å²) in [6.07, 6.45) is 3.70. The summed E-state index contributed by atoms with van der Waals surface area (Å²) >= 11 is 0. The van der Waals surface area contributed by atoms with Gasteiger partial charge in [0.25, 0.3) is 0 Å². The highest BCUT2D eigenvalue weighted by atomic mass is 32.2. The summed E-state index contributed by atoms with van der Waals surface area (Å²) in [7, 11) is -1.13. The van der Waals surface area contributed by atoms with Gasteiger partial charge in [-0.1, -0.05) is 12.1 Å². The minimum Gasteiger partial charge on any atom is -0.491 e. The number of methoxy groups -OCH3 is 2. The Morgan fingerprint density at radius 1 is 1.05 bits per heavy atom. The number of hydrogen-bond acceptors (Lipinski definition) is 11. The number of sulfonamides is 1. The Labute approximate surface area is 254 Å². The minimum absolute atomic E-state index is 0.0253. The standard InChI is InChI=1S/C30H33N5O8S/c1-17(2)43-22-12-19(29(36)37)11-21(14-22)33-27-23-6-5-18(24-15-32-30(41-4)34-28(24)40-3)13-25(23)31-16-26(27)44(38,39)35-20-7-9-42-10-8-20/h5-6,11-17,20,35H,7-10H2,1-4H3,(H,31,33)(H,36,37). The lowest BCUT2D eigenvalue weighted by Crippen LogP contribution is -2.39. The van der Waals surface area contributed by atoms with Gasteiger partial charge in [-0.25, -0.2) is 22.9 Å². The van der Waals surface area contributed by atoms with Crippen molar-refractivity contribution < 1.29 is 37.3 Å². The Morgan fingerprint density at radius 2 is 1.82 bits per heavy atom. The molecule has 0 bridgehead atoms. The predicted molar refractivity (Wildman–Crippen MR) is 162 cm³/mol. The van der Waals surface area contributed by atoms with Crippen LogP contribution in [0, 0.1) is 0 Å². The summed E-state index contributed by atoms with van der Waals surface area (Å²) < 4.78 is 52.0. The average molecular weight is 624 g/mol. The van der Waals surface area contributed by atoms with Crippen molar-refractivity contribution in [2.45, 2.75) is 43.7 Å². The number of nitrogens with zero attached hydrogens (tertiary/aromatic N) is 3. The van der Waals surface area contributed by atoms with Gasteiger partial charge in [0, 0.05) is 48.8 Å². The summed E-state index contributed by atoms with van der Waals surface area (Å²) in [6, 6.07) is 9.55. The van der Waals surface area contributed by atoms with Crippen molar-refractivity contribution in [3.8, 4) is 28.8 Å². The topological polar surface area (TPSA) is 171 Å². The van der Waals surface area contributed by atoms with Gasteiger partial charge in [0.2, 0.25) is 15.9 Å². The zero-order chi connectivity index (χ0) is 31.4. The zero-order valence-electron chi connectivity index (χ0n) is 24.7. The van der Waals surface area contributed by atoms with Gasteiger partial charge in [0.05, 0.1) is 42.7 Å². The number of hydrogen-bond donors (Lipinski definition) is 3. The van der Waals surface area contributed by atoms with E-state index in [1.54, 1.807) is 30.5 Å². The van der Waals surface area contributed by atoms with E-state index in [1.807, 2.05) is 13.8 Å². The molecule has 1 aliphatic rings. The molecule has 3 heterocycles. The quantitative estimate of drug-likeness (QED) is 0.215. The number of aromatic carboxylic acids is 1. The molecule has 0 saturated carbocycles. The fourth-order valence-corrected chi connectivity index (χ4v) is 6.28. The highest BCUT2D eigenvalue weighted by Gasteiger charge is 2.27. The van der Waals surface area contributed by atoms with Crippen molar-refractivity contribution >= 4 is 38.3 Å². The number of carboxylic acids is 1. The highest BCUT2D eigenvalue weighted by Crippen LogP contribution is 2.37. The molecule has 14 heteroatoms. The third-order valence-electron chi connectivity index (χ3n) is 6.88. The third-order valence-corrected chi connectivity index (χ3v) is 8.41. The van der Waals surface area contributed by atoms with Gasteiger partial charge < -0.3 is 29.4 Å². The maximum atomic E-state index is 13.8. The van der Waals surface area contributed by atoms with Crippen molar-refractivity contribution in [2.75, 3.05) is 32.8 Å². The van der Waals surface area contributed by atoms with Gasteiger partial charge >= 0.3 is 12.0 Å². The molecule has 232 valence electrons. The molecule has 1 saturated heterocycles. The van der Waals surface area contributed by atoms with Crippen LogP contribution in [0.1, 0.15) is 37.0 Å². The van der Waals surface area contributed by atoms with E-state index < -0.39 is 16.0 Å². The number of anilines is 2. The first-order valence-electron chi connectivity index (χ1n) is 13.9. The molecule has 0 spiro atoms. The molecule has 0 amide bonds. The Kier molecular flexibility index (Phi) is 9.13. The van der Waals surface area contributed by atoms with Crippen molar-refractivity contribution in [2.24, 2.45) is 0 Å². The molecule has 2 aromatic carbocycles. The van der Waals surface area contributed by atoms with Gasteiger partial charge in [0.1, 0.15) is 10.6 Å². The number of pyridine rings is 1. The van der Waals surface area contributed by atoms with Gasteiger partial charge in [0.15, 0.2) is 0 Å². The molecule has 0 radical (unpaired) electrons. The van der Waals surface area contributed by atoms with E-state index in [0.29, 0.717) is 59.5 Å². The number of carbonyl (C=O) groups is 1. The normalized spacial score (nSPS) is 14.0. The number of fused-ring (bicyclic) bond motifs is 1. The van der Waals surface area contributed by atoms with Crippen LogP contribution in [0.5, 0.6) is 17.6 Å². The largest absolute Gasteiger partial charge is 0.491 e. The number of aromatic nitrogens is 3. The summed E-state index contributed by atoms with van der Waals surface area (Å²) in [4.78, 5) is 24.8. The van der Waals surface area contributed by atoms with Crippen LogP contribution in [0.3, 0.4) is 0 Å². The van der Waals surface area contributed by atoms with Crippen LogP contribution < -0.4 is 24.2 Å².